The molecule has 5 nitrogen and oxygen atoms in total. The van der Waals surface area contributed by atoms with Gasteiger partial charge >= 0.3 is 0 Å². The maximum absolute atomic E-state index is 12.6. The quantitative estimate of drug-likeness (QED) is 0.910. The van der Waals surface area contributed by atoms with E-state index in [1.54, 1.807) is 26.0 Å². The van der Waals surface area contributed by atoms with Gasteiger partial charge in [0.15, 0.2) is 9.84 Å². The highest BCUT2D eigenvalue weighted by Crippen LogP contribution is 2.37. The molecule has 126 valence electrons. The van der Waals surface area contributed by atoms with E-state index < -0.39 is 15.1 Å². The molecular formula is C17H24N2O3S. The molecule has 0 aromatic heterocycles. The van der Waals surface area contributed by atoms with Crippen LogP contribution in [0.4, 0.5) is 0 Å². The van der Waals surface area contributed by atoms with Crippen molar-refractivity contribution >= 4 is 15.7 Å². The lowest BCUT2D eigenvalue weighted by Gasteiger charge is -2.19. The van der Waals surface area contributed by atoms with Gasteiger partial charge in [0.1, 0.15) is 0 Å². The number of benzene rings is 1. The van der Waals surface area contributed by atoms with Gasteiger partial charge in [0.05, 0.1) is 10.1 Å². The Balaban J connectivity index is 1.74. The zero-order valence-corrected chi connectivity index (χ0v) is 14.4. The number of sulfone groups is 1. The number of amides is 1. The van der Waals surface area contributed by atoms with Crippen molar-refractivity contribution in [3.63, 3.8) is 0 Å². The minimum atomic E-state index is -3.30. The predicted octanol–water partition coefficient (Wildman–Crippen LogP) is 1.68. The highest BCUT2D eigenvalue weighted by molar-refractivity contribution is 7.92. The molecule has 6 heteroatoms. The van der Waals surface area contributed by atoms with Crippen LogP contribution in [0.3, 0.4) is 0 Å². The second-order valence-electron chi connectivity index (χ2n) is 6.99. The molecule has 0 radical (unpaired) electrons. The van der Waals surface area contributed by atoms with E-state index in [4.69, 9.17) is 5.73 Å². The summed E-state index contributed by atoms with van der Waals surface area (Å²) < 4.78 is 24.3. The third-order valence-corrected chi connectivity index (χ3v) is 7.42. The normalized spacial score (nSPS) is 27.5. The smallest absolute Gasteiger partial charge is 0.253 e. The predicted molar refractivity (Wildman–Crippen MR) is 88.9 cm³/mol. The van der Waals surface area contributed by atoms with Crippen molar-refractivity contribution in [2.45, 2.75) is 42.9 Å². The van der Waals surface area contributed by atoms with Crippen LogP contribution in [-0.4, -0.2) is 43.6 Å². The second-order valence-corrected chi connectivity index (χ2v) is 9.50. The molecule has 3 atom stereocenters. The Bertz CT molecular complexity index is 697. The molecule has 1 saturated heterocycles. The van der Waals surface area contributed by atoms with E-state index in [1.807, 2.05) is 4.90 Å². The van der Waals surface area contributed by atoms with Crippen molar-refractivity contribution in [2.24, 2.45) is 17.6 Å². The zero-order chi connectivity index (χ0) is 16.8. The average molecular weight is 336 g/mol. The summed E-state index contributed by atoms with van der Waals surface area (Å²) in [6.07, 6.45) is 2.15. The maximum atomic E-state index is 12.6. The number of nitrogens with zero attached hydrogens (tertiary/aromatic N) is 1. The van der Waals surface area contributed by atoms with Crippen LogP contribution in [0.1, 0.15) is 37.0 Å². The molecule has 1 aliphatic heterocycles. The van der Waals surface area contributed by atoms with Crippen molar-refractivity contribution < 1.29 is 13.2 Å². The number of rotatable bonds is 3. The summed E-state index contributed by atoms with van der Waals surface area (Å²) in [5.74, 6) is 0.911. The monoisotopic (exact) mass is 336 g/mol. The molecule has 2 N–H and O–H groups in total. The fourth-order valence-corrected chi connectivity index (χ4v) is 4.78. The van der Waals surface area contributed by atoms with Crippen LogP contribution in [0, 0.1) is 11.8 Å². The maximum Gasteiger partial charge on any atom is 0.253 e. The SMILES string of the molecule is CC(C)S(=O)(=O)c1ccc(C(=O)N2CC3CCC(N)C3C2)cc1. The minimum absolute atomic E-state index is 0.0277. The lowest BCUT2D eigenvalue weighted by atomic mass is 9.98. The topological polar surface area (TPSA) is 80.5 Å². The number of fused-ring (bicyclic) bond motifs is 1. The first-order valence-electron chi connectivity index (χ1n) is 8.19. The molecule has 3 unspecified atom stereocenters. The third kappa shape index (κ3) is 2.90. The van der Waals surface area contributed by atoms with Crippen LogP contribution in [0.25, 0.3) is 0 Å². The van der Waals surface area contributed by atoms with Gasteiger partial charge in [-0.05, 0) is 62.8 Å². The van der Waals surface area contributed by atoms with Crippen molar-refractivity contribution in [2.75, 3.05) is 13.1 Å². The van der Waals surface area contributed by atoms with Crippen molar-refractivity contribution in [1.29, 1.82) is 0 Å². The summed E-state index contributed by atoms with van der Waals surface area (Å²) in [5.41, 5.74) is 6.66. The third-order valence-electron chi connectivity index (χ3n) is 5.25. The number of carbonyl (C=O) groups excluding carboxylic acids is 1. The standard InChI is InChI=1S/C17H24N2O3S/c1-11(2)23(21,22)14-6-3-12(4-7-14)17(20)19-9-13-5-8-16(18)15(13)10-19/h3-4,6-7,11,13,15-16H,5,8-10,18H2,1-2H3. The van der Waals surface area contributed by atoms with Crippen LogP contribution in [0.2, 0.25) is 0 Å². The highest BCUT2D eigenvalue weighted by Gasteiger charge is 2.42. The summed E-state index contributed by atoms with van der Waals surface area (Å²) in [5, 5.41) is -0.469. The first-order chi connectivity index (χ1) is 10.8. The number of hydrogen-bond donors (Lipinski definition) is 1. The Hall–Kier alpha value is -1.40. The molecule has 1 aromatic rings. The lowest BCUT2D eigenvalue weighted by molar-refractivity contribution is 0.0779. The first kappa shape index (κ1) is 16.5. The second kappa shape index (κ2) is 5.91. The Kier molecular flexibility index (Phi) is 4.23. The van der Waals surface area contributed by atoms with Gasteiger partial charge in [0.25, 0.3) is 5.91 Å². The van der Waals surface area contributed by atoms with Crippen LogP contribution in [0.5, 0.6) is 0 Å². The van der Waals surface area contributed by atoms with Gasteiger partial charge in [-0.2, -0.15) is 0 Å². The highest BCUT2D eigenvalue weighted by atomic mass is 32.2. The van der Waals surface area contributed by atoms with Crippen LogP contribution in [-0.2, 0) is 9.84 Å². The van der Waals surface area contributed by atoms with Crippen molar-refractivity contribution in [1.82, 2.24) is 4.90 Å². The molecule has 23 heavy (non-hydrogen) atoms. The van der Waals surface area contributed by atoms with Gasteiger partial charge in [-0.15, -0.1) is 0 Å². The molecule has 1 saturated carbocycles. The Morgan fingerprint density at radius 2 is 1.83 bits per heavy atom. The van der Waals surface area contributed by atoms with Gasteiger partial charge in [0, 0.05) is 24.7 Å². The van der Waals surface area contributed by atoms with Crippen molar-refractivity contribution in [3.05, 3.63) is 29.8 Å². The average Bonchev–Trinajstić information content (AvgIpc) is 3.09. The van der Waals surface area contributed by atoms with E-state index in [2.05, 4.69) is 0 Å². The molecule has 0 bridgehead atoms. The molecule has 2 fully saturated rings. The molecule has 2 aliphatic rings. The van der Waals surface area contributed by atoms with Gasteiger partial charge in [-0.3, -0.25) is 4.79 Å². The summed E-state index contributed by atoms with van der Waals surface area (Å²) in [7, 11) is -3.30. The number of hydrogen-bond acceptors (Lipinski definition) is 4. The van der Waals surface area contributed by atoms with Crippen LogP contribution >= 0.6 is 0 Å². The number of carbonyl (C=O) groups is 1. The largest absolute Gasteiger partial charge is 0.338 e. The molecule has 1 aromatic carbocycles. The Morgan fingerprint density at radius 1 is 1.17 bits per heavy atom. The van der Waals surface area contributed by atoms with E-state index in [1.165, 1.54) is 12.1 Å². The summed E-state index contributed by atoms with van der Waals surface area (Å²) in [6, 6.07) is 6.50. The molecule has 0 spiro atoms. The van der Waals surface area contributed by atoms with Gasteiger partial charge < -0.3 is 10.6 Å². The summed E-state index contributed by atoms with van der Waals surface area (Å²) >= 11 is 0. The zero-order valence-electron chi connectivity index (χ0n) is 13.6. The lowest BCUT2D eigenvalue weighted by Crippen LogP contribution is -2.33. The molecular weight excluding hydrogens is 312 g/mol. The van der Waals surface area contributed by atoms with Crippen LogP contribution in [0.15, 0.2) is 29.2 Å². The van der Waals surface area contributed by atoms with E-state index in [0.29, 0.717) is 17.4 Å². The summed E-state index contributed by atoms with van der Waals surface area (Å²) in [4.78, 5) is 14.7. The molecule has 1 amide bonds. The number of likely N-dealkylation sites (tertiary alicyclic amines) is 1. The van der Waals surface area contributed by atoms with E-state index in [9.17, 15) is 13.2 Å². The van der Waals surface area contributed by atoms with Gasteiger partial charge in [-0.25, -0.2) is 8.42 Å². The Labute approximate surface area is 137 Å². The van der Waals surface area contributed by atoms with E-state index in [-0.39, 0.29) is 16.8 Å². The van der Waals surface area contributed by atoms with Gasteiger partial charge in [0.2, 0.25) is 0 Å². The fraction of sp³-hybridized carbons (Fsp3) is 0.588. The first-order valence-corrected chi connectivity index (χ1v) is 9.74. The molecule has 3 rings (SSSR count). The van der Waals surface area contributed by atoms with Crippen molar-refractivity contribution in [3.8, 4) is 0 Å². The molecule has 1 aliphatic carbocycles. The minimum Gasteiger partial charge on any atom is -0.338 e. The van der Waals surface area contributed by atoms with Crippen LogP contribution < -0.4 is 5.73 Å². The van der Waals surface area contributed by atoms with Gasteiger partial charge in [-0.1, -0.05) is 0 Å². The molecule has 1 heterocycles. The summed E-state index contributed by atoms with van der Waals surface area (Å²) in [6.45, 7) is 4.79. The van der Waals surface area contributed by atoms with E-state index in [0.717, 1.165) is 25.9 Å². The number of nitrogens with two attached hydrogens (primary N) is 1. The van der Waals surface area contributed by atoms with E-state index >= 15 is 0 Å². The Morgan fingerprint density at radius 3 is 2.39 bits per heavy atom. The fourth-order valence-electron chi connectivity index (χ4n) is 3.72.